The molecule has 0 unspecified atom stereocenters. The second-order valence-electron chi connectivity index (χ2n) is 6.94. The number of nitrogens with zero attached hydrogens (tertiary/aromatic N) is 2. The fourth-order valence-corrected chi connectivity index (χ4v) is 5.26. The molecule has 7 nitrogen and oxygen atoms in total. The third-order valence-corrected chi connectivity index (χ3v) is 6.57. The van der Waals surface area contributed by atoms with Crippen LogP contribution < -0.4 is 10.3 Å². The smallest absolute Gasteiger partial charge is 0.262 e. The number of aromatic nitrogens is 2. The molecule has 1 aliphatic carbocycles. The Hall–Kier alpha value is -2.52. The standard InChI is InChI=1S/C19H19N3O4S2/c1-28(25,26)21-13-8-6-12(7-9-13)15(23)10-22-11-20-18-17(19(22)24)14-4-2-3-5-16(14)27-18/h6-9,11,21H,2-5,10H2,1H3. The lowest BCUT2D eigenvalue weighted by molar-refractivity contribution is 0.0970. The molecule has 1 aromatic carbocycles. The summed E-state index contributed by atoms with van der Waals surface area (Å²) in [5.74, 6) is -0.238. The summed E-state index contributed by atoms with van der Waals surface area (Å²) >= 11 is 1.58. The van der Waals surface area contributed by atoms with E-state index in [2.05, 4.69) is 9.71 Å². The SMILES string of the molecule is CS(=O)(=O)Nc1ccc(C(=O)Cn2cnc3sc4c(c3c2=O)CCCC4)cc1. The highest BCUT2D eigenvalue weighted by molar-refractivity contribution is 7.92. The summed E-state index contributed by atoms with van der Waals surface area (Å²) in [5, 5.41) is 0.655. The van der Waals surface area contributed by atoms with Crippen molar-refractivity contribution in [2.24, 2.45) is 0 Å². The zero-order valence-electron chi connectivity index (χ0n) is 15.3. The third kappa shape index (κ3) is 3.72. The molecule has 0 fully saturated rings. The Kier molecular flexibility index (Phi) is 4.80. The Balaban J connectivity index is 1.60. The summed E-state index contributed by atoms with van der Waals surface area (Å²) in [6.45, 7) is -0.106. The predicted octanol–water partition coefficient (Wildman–Crippen LogP) is 2.59. The van der Waals surface area contributed by atoms with Crippen LogP contribution in [0.5, 0.6) is 0 Å². The van der Waals surface area contributed by atoms with Crippen LogP contribution >= 0.6 is 11.3 Å². The molecule has 3 aromatic rings. The van der Waals surface area contributed by atoms with E-state index in [9.17, 15) is 18.0 Å². The molecular formula is C19H19N3O4S2. The van der Waals surface area contributed by atoms with E-state index in [1.807, 2.05) is 0 Å². The lowest BCUT2D eigenvalue weighted by Crippen LogP contribution is -2.25. The second kappa shape index (κ2) is 7.14. The van der Waals surface area contributed by atoms with Crippen LogP contribution in [0.15, 0.2) is 35.4 Å². The molecular weight excluding hydrogens is 398 g/mol. The zero-order chi connectivity index (χ0) is 19.9. The van der Waals surface area contributed by atoms with Crippen molar-refractivity contribution in [2.75, 3.05) is 11.0 Å². The summed E-state index contributed by atoms with van der Waals surface area (Å²) in [4.78, 5) is 31.9. The van der Waals surface area contributed by atoms with Crippen LogP contribution in [0.2, 0.25) is 0 Å². The first kappa shape index (κ1) is 18.8. The van der Waals surface area contributed by atoms with E-state index < -0.39 is 10.0 Å². The van der Waals surface area contributed by atoms with Gasteiger partial charge in [-0.3, -0.25) is 18.9 Å². The number of carbonyl (C=O) groups is 1. The molecule has 146 valence electrons. The molecule has 2 aromatic heterocycles. The van der Waals surface area contributed by atoms with Crippen molar-refractivity contribution >= 4 is 43.0 Å². The largest absolute Gasteiger partial charge is 0.292 e. The van der Waals surface area contributed by atoms with Crippen molar-refractivity contribution in [1.29, 1.82) is 0 Å². The summed E-state index contributed by atoms with van der Waals surface area (Å²) in [5.41, 5.74) is 1.71. The number of anilines is 1. The van der Waals surface area contributed by atoms with Crippen LogP contribution in [0.3, 0.4) is 0 Å². The van der Waals surface area contributed by atoms with Crippen molar-refractivity contribution in [3.05, 3.63) is 57.0 Å². The number of nitrogens with one attached hydrogen (secondary N) is 1. The van der Waals surface area contributed by atoms with Crippen LogP contribution in [0, 0.1) is 0 Å². The molecule has 0 bridgehead atoms. The molecule has 28 heavy (non-hydrogen) atoms. The molecule has 9 heteroatoms. The lowest BCUT2D eigenvalue weighted by Gasteiger charge is -2.10. The highest BCUT2D eigenvalue weighted by Gasteiger charge is 2.20. The summed E-state index contributed by atoms with van der Waals surface area (Å²) in [6, 6.07) is 6.13. The number of ketones is 1. The molecule has 0 atom stereocenters. The van der Waals surface area contributed by atoms with Gasteiger partial charge in [0.1, 0.15) is 4.83 Å². The molecule has 4 rings (SSSR count). The van der Waals surface area contributed by atoms with E-state index in [1.54, 1.807) is 23.5 Å². The molecule has 1 N–H and O–H groups in total. The number of aryl methyl sites for hydroxylation is 2. The number of Topliss-reactive ketones (excluding diaryl/α,β-unsaturated/α-hetero) is 1. The average Bonchev–Trinajstić information content (AvgIpc) is 3.02. The maximum Gasteiger partial charge on any atom is 0.262 e. The normalized spacial score (nSPS) is 14.0. The van der Waals surface area contributed by atoms with Gasteiger partial charge in [-0.2, -0.15) is 0 Å². The van der Waals surface area contributed by atoms with Gasteiger partial charge in [-0.05, 0) is 55.5 Å². The number of fused-ring (bicyclic) bond motifs is 3. The lowest BCUT2D eigenvalue weighted by atomic mass is 9.97. The topological polar surface area (TPSA) is 98.1 Å². The number of rotatable bonds is 5. The van der Waals surface area contributed by atoms with Crippen LogP contribution in [0.4, 0.5) is 5.69 Å². The number of carbonyl (C=O) groups excluding carboxylic acids is 1. The minimum absolute atomic E-state index is 0.106. The van der Waals surface area contributed by atoms with Crippen molar-refractivity contribution in [3.8, 4) is 0 Å². The first-order valence-electron chi connectivity index (χ1n) is 8.92. The van der Waals surface area contributed by atoms with E-state index in [0.29, 0.717) is 16.6 Å². The Morgan fingerprint density at radius 1 is 1.21 bits per heavy atom. The van der Waals surface area contributed by atoms with Crippen LogP contribution in [-0.2, 0) is 29.4 Å². The van der Waals surface area contributed by atoms with Crippen LogP contribution in [0.1, 0.15) is 33.6 Å². The molecule has 2 heterocycles. The number of thiophene rings is 1. The number of benzene rings is 1. The molecule has 0 amide bonds. The number of hydrogen-bond acceptors (Lipinski definition) is 6. The molecule has 0 saturated heterocycles. The first-order chi connectivity index (χ1) is 13.3. The van der Waals surface area contributed by atoms with Crippen molar-refractivity contribution < 1.29 is 13.2 Å². The van der Waals surface area contributed by atoms with Gasteiger partial charge in [0, 0.05) is 16.1 Å². The summed E-state index contributed by atoms with van der Waals surface area (Å²) in [6.07, 6.45) is 6.58. The van der Waals surface area contributed by atoms with E-state index >= 15 is 0 Å². The fourth-order valence-electron chi connectivity index (χ4n) is 3.48. The van der Waals surface area contributed by atoms with Gasteiger partial charge < -0.3 is 0 Å². The summed E-state index contributed by atoms with van der Waals surface area (Å²) in [7, 11) is -3.38. The monoisotopic (exact) mass is 417 g/mol. The minimum atomic E-state index is -3.38. The maximum absolute atomic E-state index is 12.9. The Morgan fingerprint density at radius 3 is 2.64 bits per heavy atom. The molecule has 0 saturated carbocycles. The minimum Gasteiger partial charge on any atom is -0.292 e. The Labute approximate surface area is 166 Å². The van der Waals surface area contributed by atoms with E-state index in [-0.39, 0.29) is 17.9 Å². The maximum atomic E-state index is 12.9. The average molecular weight is 418 g/mol. The third-order valence-electron chi connectivity index (χ3n) is 4.77. The Bertz CT molecular complexity index is 1220. The van der Waals surface area contributed by atoms with Gasteiger partial charge in [0.05, 0.1) is 24.5 Å². The molecule has 0 aliphatic heterocycles. The van der Waals surface area contributed by atoms with Crippen LogP contribution in [0.25, 0.3) is 10.2 Å². The summed E-state index contributed by atoms with van der Waals surface area (Å²) < 4.78 is 26.2. The van der Waals surface area contributed by atoms with E-state index in [0.717, 1.165) is 42.3 Å². The predicted molar refractivity (Wildman–Crippen MR) is 110 cm³/mol. The van der Waals surface area contributed by atoms with Gasteiger partial charge in [0.2, 0.25) is 10.0 Å². The first-order valence-corrected chi connectivity index (χ1v) is 11.6. The molecule has 0 radical (unpaired) electrons. The Morgan fingerprint density at radius 2 is 1.93 bits per heavy atom. The zero-order valence-corrected chi connectivity index (χ0v) is 16.9. The van der Waals surface area contributed by atoms with Gasteiger partial charge in [-0.15, -0.1) is 11.3 Å². The van der Waals surface area contributed by atoms with Crippen molar-refractivity contribution in [2.45, 2.75) is 32.2 Å². The molecule has 1 aliphatic rings. The van der Waals surface area contributed by atoms with E-state index in [4.69, 9.17) is 0 Å². The number of hydrogen-bond donors (Lipinski definition) is 1. The van der Waals surface area contributed by atoms with Gasteiger partial charge in [-0.1, -0.05) is 0 Å². The second-order valence-corrected chi connectivity index (χ2v) is 9.78. The van der Waals surface area contributed by atoms with E-state index in [1.165, 1.54) is 27.9 Å². The van der Waals surface area contributed by atoms with Gasteiger partial charge >= 0.3 is 0 Å². The highest BCUT2D eigenvalue weighted by Crippen LogP contribution is 2.33. The fraction of sp³-hybridized carbons (Fsp3) is 0.316. The van der Waals surface area contributed by atoms with Gasteiger partial charge in [0.25, 0.3) is 5.56 Å². The molecule has 0 spiro atoms. The quantitative estimate of drug-likeness (QED) is 0.644. The highest BCUT2D eigenvalue weighted by atomic mass is 32.2. The van der Waals surface area contributed by atoms with Crippen molar-refractivity contribution in [1.82, 2.24) is 9.55 Å². The van der Waals surface area contributed by atoms with Crippen LogP contribution in [-0.4, -0.2) is 30.0 Å². The van der Waals surface area contributed by atoms with Crippen molar-refractivity contribution in [3.63, 3.8) is 0 Å². The van der Waals surface area contributed by atoms with Gasteiger partial charge in [-0.25, -0.2) is 13.4 Å². The number of sulfonamides is 1. The van der Waals surface area contributed by atoms with Gasteiger partial charge in [0.15, 0.2) is 5.78 Å².